The van der Waals surface area contributed by atoms with Crippen molar-refractivity contribution in [1.82, 2.24) is 15.5 Å². The Kier molecular flexibility index (Phi) is 8.22. The van der Waals surface area contributed by atoms with Gasteiger partial charge in [0.25, 0.3) is 0 Å². The van der Waals surface area contributed by atoms with Crippen LogP contribution in [0.5, 0.6) is 0 Å². The third-order valence-corrected chi connectivity index (χ3v) is 7.45. The minimum Gasteiger partial charge on any atom is -0.481 e. The highest BCUT2D eigenvalue weighted by Crippen LogP contribution is 2.44. The first-order chi connectivity index (χ1) is 19.0. The van der Waals surface area contributed by atoms with Gasteiger partial charge in [-0.25, -0.2) is 4.79 Å². The Balaban J connectivity index is 1.12. The first-order valence-corrected chi connectivity index (χ1v) is 13.3. The second kappa shape index (κ2) is 12.1. The Bertz CT molecular complexity index is 1280. The number of carbonyl (C=O) groups excluding carboxylic acids is 2. The van der Waals surface area contributed by atoms with Gasteiger partial charge in [-0.3, -0.25) is 14.5 Å². The molecule has 8 heteroatoms. The van der Waals surface area contributed by atoms with Gasteiger partial charge in [0, 0.05) is 44.4 Å². The minimum atomic E-state index is -1.03. The standard InChI is InChI=1S/C31H33N3O5/c35-29(36)15-14-28(30(37)32-16-22-18-34(19-22)17-21-8-2-1-3-9-21)33-31(38)39-20-27-25-12-6-4-10-23(25)24-11-5-7-13-26(24)27/h1-13,22,27-28H,14-20H2,(H,32,37)(H,33,38)(H,35,36). The number of ether oxygens (including phenoxy) is 1. The van der Waals surface area contributed by atoms with Crippen molar-refractivity contribution in [3.8, 4) is 11.1 Å². The van der Waals surface area contributed by atoms with Crippen molar-refractivity contribution < 1.29 is 24.2 Å². The summed E-state index contributed by atoms with van der Waals surface area (Å²) in [6, 6.07) is 25.3. The maximum absolute atomic E-state index is 12.9. The van der Waals surface area contributed by atoms with Crippen LogP contribution < -0.4 is 10.6 Å². The molecule has 39 heavy (non-hydrogen) atoms. The highest BCUT2D eigenvalue weighted by atomic mass is 16.5. The number of amides is 2. The van der Waals surface area contributed by atoms with Crippen LogP contribution in [0.4, 0.5) is 4.79 Å². The molecule has 1 fully saturated rings. The Hall–Kier alpha value is -4.17. The molecule has 1 aliphatic carbocycles. The molecule has 0 radical (unpaired) electrons. The van der Waals surface area contributed by atoms with E-state index in [0.29, 0.717) is 12.5 Å². The molecular weight excluding hydrogens is 494 g/mol. The molecule has 1 heterocycles. The molecule has 8 nitrogen and oxygen atoms in total. The van der Waals surface area contributed by atoms with E-state index in [1.54, 1.807) is 0 Å². The number of alkyl carbamates (subject to hydrolysis) is 1. The first kappa shape index (κ1) is 26.4. The maximum Gasteiger partial charge on any atom is 0.407 e. The quantitative estimate of drug-likeness (QED) is 0.348. The highest BCUT2D eigenvalue weighted by Gasteiger charge is 2.31. The van der Waals surface area contributed by atoms with Crippen LogP contribution in [0.15, 0.2) is 78.9 Å². The molecule has 0 saturated carbocycles. The van der Waals surface area contributed by atoms with Crippen molar-refractivity contribution in [3.05, 3.63) is 95.6 Å². The fourth-order valence-electron chi connectivity index (χ4n) is 5.46. The molecule has 1 saturated heterocycles. The van der Waals surface area contributed by atoms with Gasteiger partial charge in [0.1, 0.15) is 12.6 Å². The molecule has 5 rings (SSSR count). The molecule has 3 N–H and O–H groups in total. The fraction of sp³-hybridized carbons (Fsp3) is 0.323. The molecular formula is C31H33N3O5. The summed E-state index contributed by atoms with van der Waals surface area (Å²) in [6.07, 6.45) is -0.994. The van der Waals surface area contributed by atoms with E-state index in [4.69, 9.17) is 9.84 Å². The predicted octanol–water partition coefficient (Wildman–Crippen LogP) is 4.01. The molecule has 202 valence electrons. The number of carbonyl (C=O) groups is 3. The summed E-state index contributed by atoms with van der Waals surface area (Å²) in [5.41, 5.74) is 5.68. The number of nitrogens with one attached hydrogen (secondary N) is 2. The number of aliphatic carboxylic acids is 1. The summed E-state index contributed by atoms with van der Waals surface area (Å²) >= 11 is 0. The molecule has 1 unspecified atom stereocenters. The molecule has 1 atom stereocenters. The number of hydrogen-bond acceptors (Lipinski definition) is 5. The van der Waals surface area contributed by atoms with Crippen LogP contribution in [0, 0.1) is 5.92 Å². The van der Waals surface area contributed by atoms with E-state index in [1.807, 2.05) is 54.6 Å². The van der Waals surface area contributed by atoms with E-state index >= 15 is 0 Å². The first-order valence-electron chi connectivity index (χ1n) is 13.3. The van der Waals surface area contributed by atoms with E-state index in [1.165, 1.54) is 5.56 Å². The topological polar surface area (TPSA) is 108 Å². The lowest BCUT2D eigenvalue weighted by Gasteiger charge is -2.39. The van der Waals surface area contributed by atoms with Gasteiger partial charge in [0.15, 0.2) is 0 Å². The summed E-state index contributed by atoms with van der Waals surface area (Å²) in [5, 5.41) is 14.6. The maximum atomic E-state index is 12.9. The molecule has 2 amide bonds. The monoisotopic (exact) mass is 527 g/mol. The number of likely N-dealkylation sites (tertiary alicyclic amines) is 1. The van der Waals surface area contributed by atoms with E-state index < -0.39 is 24.0 Å². The van der Waals surface area contributed by atoms with E-state index in [9.17, 15) is 14.4 Å². The molecule has 1 aliphatic heterocycles. The van der Waals surface area contributed by atoms with Gasteiger partial charge in [0.05, 0.1) is 0 Å². The van der Waals surface area contributed by atoms with Crippen LogP contribution in [0.1, 0.15) is 35.4 Å². The molecule has 3 aromatic carbocycles. The molecule has 0 aromatic heterocycles. The van der Waals surface area contributed by atoms with Crippen LogP contribution in [-0.2, 0) is 20.9 Å². The van der Waals surface area contributed by atoms with Gasteiger partial charge in [-0.1, -0.05) is 78.9 Å². The Morgan fingerprint density at radius 3 is 2.15 bits per heavy atom. The van der Waals surface area contributed by atoms with Gasteiger partial charge in [-0.15, -0.1) is 0 Å². The minimum absolute atomic E-state index is 0.0177. The normalized spacial score (nSPS) is 15.5. The average molecular weight is 528 g/mol. The fourth-order valence-corrected chi connectivity index (χ4v) is 5.46. The zero-order valence-corrected chi connectivity index (χ0v) is 21.7. The van der Waals surface area contributed by atoms with Crippen LogP contribution in [-0.4, -0.2) is 60.3 Å². The number of benzene rings is 3. The number of carboxylic acids is 1. The van der Waals surface area contributed by atoms with Crippen molar-refractivity contribution in [1.29, 1.82) is 0 Å². The molecule has 0 spiro atoms. The van der Waals surface area contributed by atoms with Gasteiger partial charge in [-0.05, 0) is 34.2 Å². The van der Waals surface area contributed by atoms with Crippen LogP contribution >= 0.6 is 0 Å². The third-order valence-electron chi connectivity index (χ3n) is 7.45. The zero-order chi connectivity index (χ0) is 27.2. The van der Waals surface area contributed by atoms with Gasteiger partial charge in [-0.2, -0.15) is 0 Å². The van der Waals surface area contributed by atoms with Crippen LogP contribution in [0.2, 0.25) is 0 Å². The summed E-state index contributed by atoms with van der Waals surface area (Å²) in [4.78, 5) is 39.1. The largest absolute Gasteiger partial charge is 0.481 e. The lowest BCUT2D eigenvalue weighted by atomic mass is 9.98. The molecule has 3 aromatic rings. The Morgan fingerprint density at radius 2 is 1.51 bits per heavy atom. The lowest BCUT2D eigenvalue weighted by molar-refractivity contribution is -0.137. The van der Waals surface area contributed by atoms with Crippen molar-refractivity contribution >= 4 is 18.0 Å². The number of nitrogens with zero attached hydrogens (tertiary/aromatic N) is 1. The van der Waals surface area contributed by atoms with Gasteiger partial charge in [0.2, 0.25) is 5.91 Å². The van der Waals surface area contributed by atoms with E-state index in [0.717, 1.165) is 41.9 Å². The van der Waals surface area contributed by atoms with Gasteiger partial charge >= 0.3 is 12.1 Å². The Labute approximate surface area is 228 Å². The Morgan fingerprint density at radius 1 is 0.897 bits per heavy atom. The van der Waals surface area contributed by atoms with Crippen LogP contribution in [0.3, 0.4) is 0 Å². The lowest BCUT2D eigenvalue weighted by Crippen LogP contribution is -2.53. The number of fused-ring (bicyclic) bond motifs is 3. The number of rotatable bonds is 11. The smallest absolute Gasteiger partial charge is 0.407 e. The summed E-state index contributed by atoms with van der Waals surface area (Å²) in [7, 11) is 0. The molecule has 2 aliphatic rings. The van der Waals surface area contributed by atoms with E-state index in [2.05, 4.69) is 39.8 Å². The second-order valence-electron chi connectivity index (χ2n) is 10.2. The van der Waals surface area contributed by atoms with Gasteiger partial charge < -0.3 is 20.5 Å². The van der Waals surface area contributed by atoms with E-state index in [-0.39, 0.29) is 25.4 Å². The average Bonchev–Trinajstić information content (AvgIpc) is 3.25. The summed E-state index contributed by atoms with van der Waals surface area (Å²) < 4.78 is 5.57. The highest BCUT2D eigenvalue weighted by molar-refractivity contribution is 5.86. The number of hydrogen-bond donors (Lipinski definition) is 3. The third kappa shape index (κ3) is 6.46. The SMILES string of the molecule is O=C(O)CCC(NC(=O)OCC1c2ccccc2-c2ccccc21)C(=O)NCC1CN(Cc2ccccc2)C1. The van der Waals surface area contributed by atoms with Crippen molar-refractivity contribution in [2.45, 2.75) is 31.3 Å². The molecule has 0 bridgehead atoms. The van der Waals surface area contributed by atoms with Crippen molar-refractivity contribution in [3.63, 3.8) is 0 Å². The summed E-state index contributed by atoms with van der Waals surface area (Å²) in [5.74, 6) is -1.22. The van der Waals surface area contributed by atoms with Crippen molar-refractivity contribution in [2.75, 3.05) is 26.2 Å². The summed E-state index contributed by atoms with van der Waals surface area (Å²) in [6.45, 7) is 3.20. The van der Waals surface area contributed by atoms with Crippen LogP contribution in [0.25, 0.3) is 11.1 Å². The zero-order valence-electron chi connectivity index (χ0n) is 21.7. The second-order valence-corrected chi connectivity index (χ2v) is 10.2. The van der Waals surface area contributed by atoms with Crippen molar-refractivity contribution in [2.24, 2.45) is 5.92 Å². The predicted molar refractivity (Wildman–Crippen MR) is 147 cm³/mol. The number of carboxylic acid groups (broad SMARTS) is 1.